The second-order valence-corrected chi connectivity index (χ2v) is 2.88. The van der Waals surface area contributed by atoms with Crippen LogP contribution >= 0.6 is 0 Å². The maximum atomic E-state index is 10.5. The van der Waals surface area contributed by atoms with Gasteiger partial charge in [-0.1, -0.05) is 19.1 Å². The van der Waals surface area contributed by atoms with Crippen LogP contribution in [0.5, 0.6) is 0 Å². The van der Waals surface area contributed by atoms with E-state index >= 15 is 0 Å². The number of hydrogen-bond donors (Lipinski definition) is 0. The third-order valence-corrected chi connectivity index (χ3v) is 2.25. The summed E-state index contributed by atoms with van der Waals surface area (Å²) in [5.41, 5.74) is 0. The first-order valence-corrected chi connectivity index (χ1v) is 4.00. The van der Waals surface area contributed by atoms with Gasteiger partial charge >= 0.3 is 0 Å². The molecule has 1 rings (SSSR count). The molecule has 0 radical (unpaired) electrons. The Morgan fingerprint density at radius 1 is 1.70 bits per heavy atom. The van der Waals surface area contributed by atoms with Crippen LogP contribution in [0.25, 0.3) is 0 Å². The third-order valence-electron chi connectivity index (χ3n) is 2.25. The molecule has 0 aromatic rings. The van der Waals surface area contributed by atoms with Crippen LogP contribution in [0.4, 0.5) is 0 Å². The summed E-state index contributed by atoms with van der Waals surface area (Å²) in [4.78, 5) is 10.5. The minimum Gasteiger partial charge on any atom is -0.303 e. The van der Waals surface area contributed by atoms with E-state index in [9.17, 15) is 4.79 Å². The van der Waals surface area contributed by atoms with E-state index in [1.165, 1.54) is 0 Å². The highest BCUT2D eigenvalue weighted by molar-refractivity contribution is 5.55. The number of allylic oxidation sites excluding steroid dienone is 2. The summed E-state index contributed by atoms with van der Waals surface area (Å²) in [6.45, 7) is 2.14. The molecule has 0 aromatic carbocycles. The van der Waals surface area contributed by atoms with Crippen molar-refractivity contribution in [2.24, 2.45) is 11.8 Å². The molecule has 2 atom stereocenters. The Kier molecular flexibility index (Phi) is 2.67. The van der Waals surface area contributed by atoms with E-state index in [2.05, 4.69) is 19.1 Å². The van der Waals surface area contributed by atoms with Gasteiger partial charge in [0.25, 0.3) is 0 Å². The monoisotopic (exact) mass is 138 g/mol. The predicted molar refractivity (Wildman–Crippen MR) is 41.7 cm³/mol. The zero-order chi connectivity index (χ0) is 7.40. The summed E-state index contributed by atoms with van der Waals surface area (Å²) in [5.74, 6) is 0.821. The smallest absolute Gasteiger partial charge is 0.123 e. The van der Waals surface area contributed by atoms with Gasteiger partial charge in [-0.05, 0) is 25.2 Å². The second kappa shape index (κ2) is 3.55. The first-order valence-electron chi connectivity index (χ1n) is 4.00. The van der Waals surface area contributed by atoms with Crippen molar-refractivity contribution in [2.45, 2.75) is 26.2 Å². The van der Waals surface area contributed by atoms with Crippen molar-refractivity contribution in [3.8, 4) is 0 Å². The van der Waals surface area contributed by atoms with Crippen molar-refractivity contribution >= 4 is 6.29 Å². The van der Waals surface area contributed by atoms with Crippen molar-refractivity contribution in [3.05, 3.63) is 12.2 Å². The number of carbonyl (C=O) groups excluding carboxylic acids is 1. The third kappa shape index (κ3) is 1.47. The molecule has 56 valence electrons. The molecule has 0 unspecified atom stereocenters. The lowest BCUT2D eigenvalue weighted by molar-refractivity contribution is -0.112. The molecule has 0 N–H and O–H groups in total. The molecule has 0 spiro atoms. The fourth-order valence-corrected chi connectivity index (χ4v) is 1.52. The van der Waals surface area contributed by atoms with Gasteiger partial charge < -0.3 is 4.79 Å². The average Bonchev–Trinajstić information content (AvgIpc) is 2.04. The average molecular weight is 138 g/mol. The Balaban J connectivity index is 2.55. The Bertz CT molecular complexity index is 138. The maximum Gasteiger partial charge on any atom is 0.123 e. The van der Waals surface area contributed by atoms with Gasteiger partial charge in [-0.2, -0.15) is 0 Å². The van der Waals surface area contributed by atoms with Crippen LogP contribution in [0.15, 0.2) is 12.2 Å². The minimum absolute atomic E-state index is 0.301. The van der Waals surface area contributed by atoms with Crippen molar-refractivity contribution in [2.75, 3.05) is 0 Å². The van der Waals surface area contributed by atoms with Gasteiger partial charge in [0, 0.05) is 5.92 Å². The molecule has 1 nitrogen and oxygen atoms in total. The van der Waals surface area contributed by atoms with E-state index < -0.39 is 0 Å². The summed E-state index contributed by atoms with van der Waals surface area (Å²) in [6.07, 6.45) is 8.72. The molecule has 0 aromatic heterocycles. The number of hydrogen-bond acceptors (Lipinski definition) is 1. The molecule has 1 aliphatic rings. The lowest BCUT2D eigenvalue weighted by atomic mass is 9.83. The molecule has 0 heterocycles. The van der Waals surface area contributed by atoms with Crippen molar-refractivity contribution in [3.63, 3.8) is 0 Å². The molecular formula is C9H14O. The lowest BCUT2D eigenvalue weighted by Gasteiger charge is -2.20. The molecule has 0 bridgehead atoms. The van der Waals surface area contributed by atoms with E-state index in [1.54, 1.807) is 0 Å². The largest absolute Gasteiger partial charge is 0.303 e. The SMILES string of the molecule is CC[C@H]1C=CCC[C@H]1C=O. The van der Waals surface area contributed by atoms with Crippen LogP contribution in [-0.4, -0.2) is 6.29 Å². The molecule has 0 aliphatic heterocycles. The van der Waals surface area contributed by atoms with E-state index in [1.807, 2.05) is 0 Å². The van der Waals surface area contributed by atoms with Gasteiger partial charge in [0.2, 0.25) is 0 Å². The highest BCUT2D eigenvalue weighted by Gasteiger charge is 2.18. The normalized spacial score (nSPS) is 32.1. The molecule has 10 heavy (non-hydrogen) atoms. The summed E-state index contributed by atoms with van der Waals surface area (Å²) >= 11 is 0. The van der Waals surface area contributed by atoms with Crippen LogP contribution < -0.4 is 0 Å². The molecule has 0 saturated heterocycles. The van der Waals surface area contributed by atoms with E-state index in [0.717, 1.165) is 25.5 Å². The van der Waals surface area contributed by atoms with E-state index in [-0.39, 0.29) is 0 Å². The summed E-state index contributed by atoms with van der Waals surface area (Å²) in [7, 11) is 0. The van der Waals surface area contributed by atoms with Gasteiger partial charge in [-0.3, -0.25) is 0 Å². The number of rotatable bonds is 2. The van der Waals surface area contributed by atoms with Gasteiger partial charge in [0.05, 0.1) is 0 Å². The zero-order valence-corrected chi connectivity index (χ0v) is 6.42. The van der Waals surface area contributed by atoms with Gasteiger partial charge in [-0.25, -0.2) is 0 Å². The standard InChI is InChI=1S/C9H14O/c1-2-8-5-3-4-6-9(8)7-10/h3,5,7-9H,2,4,6H2,1H3/t8-,9-/m0/s1. The van der Waals surface area contributed by atoms with Crippen molar-refractivity contribution in [1.82, 2.24) is 0 Å². The van der Waals surface area contributed by atoms with Gasteiger partial charge in [0.15, 0.2) is 0 Å². The van der Waals surface area contributed by atoms with Crippen LogP contribution in [0, 0.1) is 11.8 Å². The first kappa shape index (κ1) is 7.52. The molecule has 0 amide bonds. The Hall–Kier alpha value is -0.590. The van der Waals surface area contributed by atoms with Crippen LogP contribution in [0.1, 0.15) is 26.2 Å². The molecule has 0 saturated carbocycles. The highest BCUT2D eigenvalue weighted by atomic mass is 16.1. The molecule has 1 aliphatic carbocycles. The fourth-order valence-electron chi connectivity index (χ4n) is 1.52. The quantitative estimate of drug-likeness (QED) is 0.422. The topological polar surface area (TPSA) is 17.1 Å². The Morgan fingerprint density at radius 2 is 2.50 bits per heavy atom. The van der Waals surface area contributed by atoms with E-state index in [0.29, 0.717) is 11.8 Å². The highest BCUT2D eigenvalue weighted by Crippen LogP contribution is 2.24. The first-order chi connectivity index (χ1) is 4.88. The molecule has 0 fully saturated rings. The predicted octanol–water partition coefficient (Wildman–Crippen LogP) is 2.18. The zero-order valence-electron chi connectivity index (χ0n) is 6.42. The molecule has 1 heteroatoms. The molecular weight excluding hydrogens is 124 g/mol. The van der Waals surface area contributed by atoms with Crippen molar-refractivity contribution < 1.29 is 4.79 Å². The van der Waals surface area contributed by atoms with Crippen LogP contribution in [0.3, 0.4) is 0 Å². The fraction of sp³-hybridized carbons (Fsp3) is 0.667. The van der Waals surface area contributed by atoms with Crippen LogP contribution in [-0.2, 0) is 4.79 Å². The lowest BCUT2D eigenvalue weighted by Crippen LogP contribution is -2.15. The van der Waals surface area contributed by atoms with Crippen LogP contribution in [0.2, 0.25) is 0 Å². The minimum atomic E-state index is 0.301. The van der Waals surface area contributed by atoms with Gasteiger partial charge in [0.1, 0.15) is 6.29 Å². The van der Waals surface area contributed by atoms with E-state index in [4.69, 9.17) is 0 Å². The second-order valence-electron chi connectivity index (χ2n) is 2.88. The Morgan fingerprint density at radius 3 is 3.00 bits per heavy atom. The number of carbonyl (C=O) groups is 1. The van der Waals surface area contributed by atoms with Crippen molar-refractivity contribution in [1.29, 1.82) is 0 Å². The number of aldehydes is 1. The maximum absolute atomic E-state index is 10.5. The Labute approximate surface area is 62.1 Å². The summed E-state index contributed by atoms with van der Waals surface area (Å²) in [6, 6.07) is 0. The van der Waals surface area contributed by atoms with Gasteiger partial charge in [-0.15, -0.1) is 0 Å². The summed E-state index contributed by atoms with van der Waals surface area (Å²) in [5, 5.41) is 0. The summed E-state index contributed by atoms with van der Waals surface area (Å²) < 4.78 is 0.